The number of amides is 3. The number of aromatic amines is 1. The summed E-state index contributed by atoms with van der Waals surface area (Å²) in [5, 5.41) is 18.6. The molecule has 0 saturated carbocycles. The normalized spacial score (nSPS) is 16.2. The predicted octanol–water partition coefficient (Wildman–Crippen LogP) is 2.32. The first kappa shape index (κ1) is 30.8. The van der Waals surface area contributed by atoms with Crippen LogP contribution < -0.4 is 21.7 Å². The smallest absolute Gasteiger partial charge is 0.326 e. The van der Waals surface area contributed by atoms with Gasteiger partial charge in [0.05, 0.1) is 6.04 Å². The highest BCUT2D eigenvalue weighted by atomic mass is 16.4. The number of carbonyl (C=O) groups excluding carboxylic acids is 3. The fraction of sp³-hybridized carbons (Fsp3) is 0.571. The zero-order valence-electron chi connectivity index (χ0n) is 23.2. The molecule has 2 rings (SSSR count). The van der Waals surface area contributed by atoms with Gasteiger partial charge >= 0.3 is 5.97 Å². The number of aliphatic carboxylic acids is 1. The first-order valence-electron chi connectivity index (χ1n) is 13.4. The second-order valence-electron chi connectivity index (χ2n) is 10.5. The molecule has 10 heteroatoms. The van der Waals surface area contributed by atoms with Crippen molar-refractivity contribution in [2.75, 3.05) is 0 Å². The highest BCUT2D eigenvalue weighted by Gasteiger charge is 2.34. The Bertz CT molecular complexity index is 1110. The molecule has 1 aromatic carbocycles. The number of nitrogens with two attached hydrogens (primary N) is 1. The molecule has 0 saturated heterocycles. The first-order valence-corrected chi connectivity index (χ1v) is 13.4. The quantitative estimate of drug-likeness (QED) is 0.220. The van der Waals surface area contributed by atoms with Crippen molar-refractivity contribution in [3.63, 3.8) is 0 Å². The summed E-state index contributed by atoms with van der Waals surface area (Å²) < 4.78 is 0. The summed E-state index contributed by atoms with van der Waals surface area (Å²) >= 11 is 0. The Labute approximate surface area is 224 Å². The number of H-pyrrole nitrogens is 1. The number of aromatic nitrogens is 1. The highest BCUT2D eigenvalue weighted by molar-refractivity contribution is 5.94. The van der Waals surface area contributed by atoms with E-state index in [1.165, 1.54) is 0 Å². The lowest BCUT2D eigenvalue weighted by Crippen LogP contribution is -2.60. The number of para-hydroxylation sites is 1. The van der Waals surface area contributed by atoms with Gasteiger partial charge in [-0.2, -0.15) is 0 Å². The zero-order chi connectivity index (χ0) is 28.6. The molecule has 10 nitrogen and oxygen atoms in total. The molecule has 0 aliphatic rings. The van der Waals surface area contributed by atoms with Gasteiger partial charge in [0.25, 0.3) is 0 Å². The molecule has 0 spiro atoms. The second-order valence-corrected chi connectivity index (χ2v) is 10.5. The average Bonchev–Trinajstić information content (AvgIpc) is 3.29. The standard InChI is InChI=1S/C28H43N5O5/c1-7-16(5)23(32-25(34)20(29)13-18-14-30-21-12-10-9-11-19(18)21)27(36)31-22(15(3)4)26(35)33-24(28(37)38)17(6)8-2/h9-12,14-17,20,22-24,30H,7-8,13,29H2,1-6H3,(H,31,36)(H,32,34)(H,33,35)(H,37,38). The van der Waals surface area contributed by atoms with Gasteiger partial charge in [0.15, 0.2) is 0 Å². The van der Waals surface area contributed by atoms with E-state index in [2.05, 4.69) is 20.9 Å². The van der Waals surface area contributed by atoms with Crippen molar-refractivity contribution >= 4 is 34.6 Å². The van der Waals surface area contributed by atoms with E-state index in [1.807, 2.05) is 51.2 Å². The van der Waals surface area contributed by atoms with Gasteiger partial charge in [0.1, 0.15) is 18.1 Å². The number of hydrogen-bond donors (Lipinski definition) is 6. The van der Waals surface area contributed by atoms with Crippen LogP contribution in [0.3, 0.4) is 0 Å². The molecule has 1 aromatic heterocycles. The molecule has 38 heavy (non-hydrogen) atoms. The minimum atomic E-state index is -1.13. The highest BCUT2D eigenvalue weighted by Crippen LogP contribution is 2.19. The lowest BCUT2D eigenvalue weighted by atomic mass is 9.95. The summed E-state index contributed by atoms with van der Waals surface area (Å²) in [7, 11) is 0. The largest absolute Gasteiger partial charge is 0.480 e. The van der Waals surface area contributed by atoms with Crippen molar-refractivity contribution in [3.8, 4) is 0 Å². The number of hydrogen-bond acceptors (Lipinski definition) is 5. The minimum Gasteiger partial charge on any atom is -0.480 e. The van der Waals surface area contributed by atoms with E-state index in [9.17, 15) is 24.3 Å². The van der Waals surface area contributed by atoms with Gasteiger partial charge in [-0.1, -0.05) is 72.6 Å². The monoisotopic (exact) mass is 529 g/mol. The third-order valence-corrected chi connectivity index (χ3v) is 7.27. The maximum atomic E-state index is 13.4. The van der Waals surface area contributed by atoms with Gasteiger partial charge < -0.3 is 31.8 Å². The number of carboxylic acid groups (broad SMARTS) is 1. The van der Waals surface area contributed by atoms with Crippen LogP contribution in [-0.4, -0.2) is 57.9 Å². The van der Waals surface area contributed by atoms with E-state index < -0.39 is 47.9 Å². The number of carbonyl (C=O) groups is 4. The minimum absolute atomic E-state index is 0.234. The van der Waals surface area contributed by atoms with Crippen molar-refractivity contribution in [1.82, 2.24) is 20.9 Å². The molecule has 0 aliphatic carbocycles. The maximum Gasteiger partial charge on any atom is 0.326 e. The van der Waals surface area contributed by atoms with Gasteiger partial charge in [-0.25, -0.2) is 4.79 Å². The summed E-state index contributed by atoms with van der Waals surface area (Å²) in [6, 6.07) is 3.88. The van der Waals surface area contributed by atoms with Crippen molar-refractivity contribution in [2.24, 2.45) is 23.5 Å². The van der Waals surface area contributed by atoms with Gasteiger partial charge in [-0.05, 0) is 35.8 Å². The average molecular weight is 530 g/mol. The Morgan fingerprint density at radius 2 is 1.37 bits per heavy atom. The summed E-state index contributed by atoms with van der Waals surface area (Å²) in [4.78, 5) is 54.3. The van der Waals surface area contributed by atoms with Crippen LogP contribution in [0.4, 0.5) is 0 Å². The Hall–Kier alpha value is -3.40. The van der Waals surface area contributed by atoms with Gasteiger partial charge in [0.2, 0.25) is 17.7 Å². The molecule has 0 fully saturated rings. The fourth-order valence-electron chi connectivity index (χ4n) is 4.30. The van der Waals surface area contributed by atoms with Crippen molar-refractivity contribution in [1.29, 1.82) is 0 Å². The van der Waals surface area contributed by atoms with Crippen LogP contribution >= 0.6 is 0 Å². The summed E-state index contributed by atoms with van der Waals surface area (Å²) in [5.41, 5.74) is 8.08. The molecule has 2 aromatic rings. The molecule has 1 heterocycles. The van der Waals surface area contributed by atoms with E-state index in [4.69, 9.17) is 5.73 Å². The molecule has 0 bridgehead atoms. The molecular formula is C28H43N5O5. The lowest BCUT2D eigenvalue weighted by Gasteiger charge is -2.30. The summed E-state index contributed by atoms with van der Waals surface area (Å²) in [6.07, 6.45) is 3.28. The van der Waals surface area contributed by atoms with E-state index in [0.717, 1.165) is 16.5 Å². The van der Waals surface area contributed by atoms with E-state index in [1.54, 1.807) is 20.8 Å². The lowest BCUT2D eigenvalue weighted by molar-refractivity contribution is -0.144. The molecule has 6 atom stereocenters. The third-order valence-electron chi connectivity index (χ3n) is 7.27. The van der Waals surface area contributed by atoms with Crippen molar-refractivity contribution < 1.29 is 24.3 Å². The number of fused-ring (bicyclic) bond motifs is 1. The van der Waals surface area contributed by atoms with Crippen molar-refractivity contribution in [2.45, 2.75) is 85.0 Å². The Kier molecular flexibility index (Phi) is 11.3. The van der Waals surface area contributed by atoms with E-state index in [-0.39, 0.29) is 24.2 Å². The Balaban J connectivity index is 2.14. The van der Waals surface area contributed by atoms with Crippen LogP contribution in [0.5, 0.6) is 0 Å². The molecular weight excluding hydrogens is 486 g/mol. The van der Waals surface area contributed by atoms with Crippen LogP contribution in [0.15, 0.2) is 30.5 Å². The molecule has 7 N–H and O–H groups in total. The topological polar surface area (TPSA) is 166 Å². The summed E-state index contributed by atoms with van der Waals surface area (Å²) in [6.45, 7) is 10.9. The second kappa shape index (κ2) is 13.9. The van der Waals surface area contributed by atoms with Gasteiger partial charge in [-0.3, -0.25) is 14.4 Å². The predicted molar refractivity (Wildman–Crippen MR) is 147 cm³/mol. The maximum absolute atomic E-state index is 13.4. The molecule has 210 valence electrons. The molecule has 0 aliphatic heterocycles. The first-order chi connectivity index (χ1) is 17.9. The van der Waals surface area contributed by atoms with Crippen molar-refractivity contribution in [3.05, 3.63) is 36.0 Å². The van der Waals surface area contributed by atoms with Crippen LogP contribution in [0, 0.1) is 17.8 Å². The Morgan fingerprint density at radius 1 is 0.842 bits per heavy atom. The fourth-order valence-corrected chi connectivity index (χ4v) is 4.30. The van der Waals surface area contributed by atoms with Gasteiger partial charge in [-0.15, -0.1) is 0 Å². The number of benzene rings is 1. The van der Waals surface area contributed by atoms with Crippen LogP contribution in [-0.2, 0) is 25.6 Å². The zero-order valence-corrected chi connectivity index (χ0v) is 23.2. The summed E-state index contributed by atoms with van der Waals surface area (Å²) in [5.74, 6) is -3.53. The van der Waals surface area contributed by atoms with E-state index in [0.29, 0.717) is 12.8 Å². The molecule has 3 amide bonds. The molecule has 6 unspecified atom stereocenters. The van der Waals surface area contributed by atoms with Gasteiger partial charge in [0, 0.05) is 17.1 Å². The van der Waals surface area contributed by atoms with Crippen LogP contribution in [0.1, 0.15) is 59.9 Å². The number of nitrogens with one attached hydrogen (secondary N) is 4. The molecule has 0 radical (unpaired) electrons. The van der Waals surface area contributed by atoms with Crippen LogP contribution in [0.2, 0.25) is 0 Å². The third kappa shape index (κ3) is 7.80. The van der Waals surface area contributed by atoms with E-state index >= 15 is 0 Å². The number of carboxylic acids is 1. The number of rotatable bonds is 14. The Morgan fingerprint density at radius 3 is 1.95 bits per heavy atom. The SMILES string of the molecule is CCC(C)C(NC(=O)C(NC(=O)C(NC(=O)C(N)Cc1c[nH]c2ccccc12)C(C)CC)C(C)C)C(=O)O. The van der Waals surface area contributed by atoms with Crippen LogP contribution in [0.25, 0.3) is 10.9 Å².